The number of carbonyl (C=O) groups is 1. The van der Waals surface area contributed by atoms with Crippen molar-refractivity contribution >= 4 is 16.0 Å². The predicted octanol–water partition coefficient (Wildman–Crippen LogP) is 2.14. The van der Waals surface area contributed by atoms with Crippen LogP contribution in [-0.4, -0.2) is 37.5 Å². The number of sulfonamides is 1. The molecule has 1 atom stereocenters. The third-order valence-corrected chi connectivity index (χ3v) is 4.09. The first-order valence-corrected chi connectivity index (χ1v) is 7.67. The third kappa shape index (κ3) is 9.13. The number of carboxylic acid groups (broad SMARTS) is 1. The molecule has 0 fully saturated rings. The largest absolute Gasteiger partial charge is 0.481 e. The Morgan fingerprint density at radius 1 is 1.25 bits per heavy atom. The van der Waals surface area contributed by atoms with Crippen molar-refractivity contribution in [1.82, 2.24) is 4.72 Å². The second kappa shape index (κ2) is 6.75. The van der Waals surface area contributed by atoms with Gasteiger partial charge < -0.3 is 5.11 Å². The zero-order valence-corrected chi connectivity index (χ0v) is 12.4. The molecule has 5 nitrogen and oxygen atoms in total. The molecule has 0 rings (SSSR count). The Balaban J connectivity index is 4.65. The van der Waals surface area contributed by atoms with E-state index in [0.29, 0.717) is 0 Å². The summed E-state index contributed by atoms with van der Waals surface area (Å²) in [5.41, 5.74) is -0.657. The van der Waals surface area contributed by atoms with Crippen LogP contribution in [0, 0.1) is 5.41 Å². The monoisotopic (exact) mass is 319 g/mol. The van der Waals surface area contributed by atoms with Crippen molar-refractivity contribution in [2.24, 2.45) is 5.41 Å². The topological polar surface area (TPSA) is 83.5 Å². The fraction of sp³-hybridized carbons (Fsp3) is 0.909. The Hall–Kier alpha value is -0.830. The average molecular weight is 319 g/mol. The highest BCUT2D eigenvalue weighted by Crippen LogP contribution is 2.24. The lowest BCUT2D eigenvalue weighted by atomic mass is 9.85. The van der Waals surface area contributed by atoms with Gasteiger partial charge in [0.25, 0.3) is 0 Å². The lowest BCUT2D eigenvalue weighted by Gasteiger charge is -2.30. The lowest BCUT2D eigenvalue weighted by Crippen LogP contribution is -2.45. The predicted molar refractivity (Wildman–Crippen MR) is 67.7 cm³/mol. The number of halogens is 3. The third-order valence-electron chi connectivity index (χ3n) is 2.62. The molecule has 0 amide bonds. The highest BCUT2D eigenvalue weighted by molar-refractivity contribution is 7.89. The number of hydrogen-bond donors (Lipinski definition) is 2. The quantitative estimate of drug-likeness (QED) is 0.753. The maximum Gasteiger partial charge on any atom is 0.389 e. The molecule has 0 aliphatic heterocycles. The van der Waals surface area contributed by atoms with Crippen LogP contribution in [0.3, 0.4) is 0 Å². The number of rotatable bonds is 7. The molecule has 9 heteroatoms. The number of carboxylic acids is 1. The van der Waals surface area contributed by atoms with Crippen LogP contribution in [-0.2, 0) is 14.8 Å². The minimum atomic E-state index is -4.40. The fourth-order valence-electron chi connectivity index (χ4n) is 1.44. The summed E-state index contributed by atoms with van der Waals surface area (Å²) in [7, 11) is -3.95. The SMILES string of the molecule is CC(C)(C)C(CC(=O)O)NS(=O)(=O)CCCC(F)(F)F. The lowest BCUT2D eigenvalue weighted by molar-refractivity contribution is -0.138. The average Bonchev–Trinajstić information content (AvgIpc) is 2.10. The molecule has 0 aromatic rings. The van der Waals surface area contributed by atoms with Crippen LogP contribution in [0.4, 0.5) is 13.2 Å². The van der Waals surface area contributed by atoms with E-state index in [9.17, 15) is 26.4 Å². The first-order chi connectivity index (χ1) is 8.73. The van der Waals surface area contributed by atoms with Crippen LogP contribution < -0.4 is 4.72 Å². The second-order valence-electron chi connectivity index (χ2n) is 5.67. The molecule has 0 aromatic heterocycles. The van der Waals surface area contributed by atoms with E-state index in [4.69, 9.17) is 5.11 Å². The van der Waals surface area contributed by atoms with Crippen molar-refractivity contribution in [1.29, 1.82) is 0 Å². The van der Waals surface area contributed by atoms with Crippen molar-refractivity contribution in [2.45, 2.75) is 52.3 Å². The molecular formula is C11H20F3NO4S. The Morgan fingerprint density at radius 3 is 2.10 bits per heavy atom. The molecule has 1 unspecified atom stereocenters. The summed E-state index contributed by atoms with van der Waals surface area (Å²) >= 11 is 0. The summed E-state index contributed by atoms with van der Waals surface area (Å²) in [5, 5.41) is 8.74. The molecule has 0 radical (unpaired) electrons. The van der Waals surface area contributed by atoms with Crippen molar-refractivity contribution in [3.05, 3.63) is 0 Å². The van der Waals surface area contributed by atoms with Crippen LogP contribution in [0.25, 0.3) is 0 Å². The zero-order chi connectivity index (χ0) is 16.2. The smallest absolute Gasteiger partial charge is 0.389 e. The van der Waals surface area contributed by atoms with Gasteiger partial charge in [-0.2, -0.15) is 13.2 Å². The van der Waals surface area contributed by atoms with Crippen molar-refractivity contribution in [2.75, 3.05) is 5.75 Å². The Bertz CT molecular complexity index is 426. The van der Waals surface area contributed by atoms with E-state index in [1.807, 2.05) is 0 Å². The van der Waals surface area contributed by atoms with Gasteiger partial charge in [0.05, 0.1) is 12.2 Å². The standard InChI is InChI=1S/C11H20F3NO4S/c1-10(2,3)8(7-9(16)17)15-20(18,19)6-4-5-11(12,13)14/h8,15H,4-7H2,1-3H3,(H,16,17). The number of hydrogen-bond acceptors (Lipinski definition) is 3. The fourth-order valence-corrected chi connectivity index (χ4v) is 2.95. The Labute approximate surface area is 116 Å². The van der Waals surface area contributed by atoms with Crippen LogP contribution in [0.1, 0.15) is 40.0 Å². The molecule has 120 valence electrons. The molecule has 0 aliphatic carbocycles. The summed E-state index contributed by atoms with van der Waals surface area (Å²) in [6, 6.07) is -0.879. The summed E-state index contributed by atoms with van der Waals surface area (Å²) < 4.78 is 61.4. The number of nitrogens with one attached hydrogen (secondary N) is 1. The normalized spacial score (nSPS) is 15.1. The van der Waals surface area contributed by atoms with E-state index in [1.165, 1.54) is 0 Å². The molecule has 0 heterocycles. The van der Waals surface area contributed by atoms with Gasteiger partial charge in [0.15, 0.2) is 0 Å². The van der Waals surface area contributed by atoms with Crippen LogP contribution in [0.2, 0.25) is 0 Å². The first-order valence-electron chi connectivity index (χ1n) is 6.01. The van der Waals surface area contributed by atoms with Crippen LogP contribution in [0.5, 0.6) is 0 Å². The summed E-state index contributed by atoms with van der Waals surface area (Å²) in [6.45, 7) is 4.95. The van der Waals surface area contributed by atoms with Crippen molar-refractivity contribution in [3.63, 3.8) is 0 Å². The van der Waals surface area contributed by atoms with Crippen LogP contribution in [0.15, 0.2) is 0 Å². The molecule has 20 heavy (non-hydrogen) atoms. The van der Waals surface area contributed by atoms with E-state index in [1.54, 1.807) is 20.8 Å². The molecule has 0 saturated carbocycles. The van der Waals surface area contributed by atoms with Crippen LogP contribution >= 0.6 is 0 Å². The van der Waals surface area contributed by atoms with Crippen molar-refractivity contribution < 1.29 is 31.5 Å². The molecule has 0 saturated heterocycles. The summed E-state index contributed by atoms with van der Waals surface area (Å²) in [4.78, 5) is 10.7. The summed E-state index contributed by atoms with van der Waals surface area (Å²) in [5.74, 6) is -1.86. The highest BCUT2D eigenvalue weighted by atomic mass is 32.2. The van der Waals surface area contributed by atoms with Gasteiger partial charge >= 0.3 is 12.1 Å². The van der Waals surface area contributed by atoms with Gasteiger partial charge in [0.2, 0.25) is 10.0 Å². The first kappa shape index (κ1) is 19.2. The maximum atomic E-state index is 12.0. The van der Waals surface area contributed by atoms with Crippen molar-refractivity contribution in [3.8, 4) is 0 Å². The van der Waals surface area contributed by atoms with Gasteiger partial charge in [-0.25, -0.2) is 13.1 Å². The Kier molecular flexibility index (Phi) is 6.47. The van der Waals surface area contributed by atoms with Gasteiger partial charge in [0, 0.05) is 12.5 Å². The number of aliphatic carboxylic acids is 1. The van der Waals surface area contributed by atoms with Gasteiger partial charge in [-0.1, -0.05) is 20.8 Å². The van der Waals surface area contributed by atoms with E-state index < -0.39 is 58.6 Å². The molecule has 0 aliphatic rings. The minimum Gasteiger partial charge on any atom is -0.481 e. The minimum absolute atomic E-state index is 0.429. The van der Waals surface area contributed by atoms with Gasteiger partial charge in [-0.15, -0.1) is 0 Å². The van der Waals surface area contributed by atoms with Gasteiger partial charge in [0.1, 0.15) is 0 Å². The molecule has 0 aromatic carbocycles. The zero-order valence-electron chi connectivity index (χ0n) is 11.6. The molecule has 2 N–H and O–H groups in total. The van der Waals surface area contributed by atoms with Gasteiger partial charge in [-0.3, -0.25) is 4.79 Å². The highest BCUT2D eigenvalue weighted by Gasteiger charge is 2.32. The van der Waals surface area contributed by atoms with E-state index in [-0.39, 0.29) is 0 Å². The molecule has 0 spiro atoms. The molecule has 0 bridgehead atoms. The van der Waals surface area contributed by atoms with E-state index >= 15 is 0 Å². The number of alkyl halides is 3. The van der Waals surface area contributed by atoms with Gasteiger partial charge in [-0.05, 0) is 11.8 Å². The second-order valence-corrected chi connectivity index (χ2v) is 7.55. The Morgan fingerprint density at radius 2 is 1.75 bits per heavy atom. The maximum absolute atomic E-state index is 12.0. The summed E-state index contributed by atoms with van der Waals surface area (Å²) in [6.07, 6.45) is -6.57. The van der Waals surface area contributed by atoms with E-state index in [0.717, 1.165) is 0 Å². The molecular weight excluding hydrogens is 299 g/mol. The van der Waals surface area contributed by atoms with E-state index in [2.05, 4.69) is 4.72 Å².